The summed E-state index contributed by atoms with van der Waals surface area (Å²) >= 11 is 0.699. The summed E-state index contributed by atoms with van der Waals surface area (Å²) in [6, 6.07) is 7.73. The SMILES string of the molecule is COC(=O)C(N)Cc1ccc(Oc2cc(F)c(CC3SC(=O)NC3=O)c(F)c2)cc1. The van der Waals surface area contributed by atoms with Gasteiger partial charge in [-0.25, -0.2) is 8.78 Å². The van der Waals surface area contributed by atoms with E-state index in [-0.39, 0.29) is 24.2 Å². The van der Waals surface area contributed by atoms with Crippen molar-refractivity contribution in [1.82, 2.24) is 5.32 Å². The molecule has 1 heterocycles. The summed E-state index contributed by atoms with van der Waals surface area (Å²) < 4.78 is 38.9. The predicted octanol–water partition coefficient (Wildman–Crippen LogP) is 2.69. The third-order valence-corrected chi connectivity index (χ3v) is 5.37. The average Bonchev–Trinajstić information content (AvgIpc) is 3.02. The van der Waals surface area contributed by atoms with Crippen LogP contribution in [0.1, 0.15) is 11.1 Å². The van der Waals surface area contributed by atoms with Gasteiger partial charge >= 0.3 is 5.97 Å². The van der Waals surface area contributed by atoms with Crippen molar-refractivity contribution >= 4 is 28.9 Å². The van der Waals surface area contributed by atoms with Crippen molar-refractivity contribution in [3.8, 4) is 11.5 Å². The molecule has 2 aromatic rings. The zero-order valence-corrected chi connectivity index (χ0v) is 16.6. The second-order valence-corrected chi connectivity index (χ2v) is 7.71. The largest absolute Gasteiger partial charge is 0.468 e. The molecule has 3 N–H and O–H groups in total. The molecule has 1 saturated heterocycles. The van der Waals surface area contributed by atoms with E-state index in [1.165, 1.54) is 7.11 Å². The maximum Gasteiger partial charge on any atom is 0.322 e. The standard InChI is InChI=1S/C20H18F2N2O5S/c1-28-19(26)16(23)6-10-2-4-11(5-3-10)29-12-7-14(21)13(15(22)8-12)9-17-18(25)24-20(27)30-17/h2-5,7-8,16-17H,6,9,23H2,1H3,(H,24,25,27). The van der Waals surface area contributed by atoms with Gasteiger partial charge in [0.1, 0.15) is 29.2 Å². The highest BCUT2D eigenvalue weighted by Gasteiger charge is 2.33. The van der Waals surface area contributed by atoms with E-state index in [4.69, 9.17) is 10.5 Å². The molecule has 0 radical (unpaired) electrons. The van der Waals surface area contributed by atoms with Crippen LogP contribution >= 0.6 is 11.8 Å². The van der Waals surface area contributed by atoms with E-state index < -0.39 is 40.0 Å². The fourth-order valence-corrected chi connectivity index (χ4v) is 3.70. The number of carbonyl (C=O) groups is 3. The van der Waals surface area contributed by atoms with Gasteiger partial charge in [-0.1, -0.05) is 23.9 Å². The first-order chi connectivity index (χ1) is 14.3. The Hall–Kier alpha value is -2.98. The highest BCUT2D eigenvalue weighted by atomic mass is 32.2. The van der Waals surface area contributed by atoms with Gasteiger partial charge in [-0.2, -0.15) is 0 Å². The Balaban J connectivity index is 1.68. The highest BCUT2D eigenvalue weighted by Crippen LogP contribution is 2.30. The first-order valence-corrected chi connectivity index (χ1v) is 9.74. The molecule has 2 aromatic carbocycles. The molecule has 10 heteroatoms. The molecule has 3 rings (SSSR count). The van der Waals surface area contributed by atoms with Gasteiger partial charge in [0.05, 0.1) is 12.4 Å². The molecule has 0 saturated carbocycles. The number of hydrogen-bond donors (Lipinski definition) is 2. The van der Waals surface area contributed by atoms with Gasteiger partial charge in [0.2, 0.25) is 5.91 Å². The number of esters is 1. The molecule has 1 aliphatic heterocycles. The maximum absolute atomic E-state index is 14.4. The summed E-state index contributed by atoms with van der Waals surface area (Å²) in [7, 11) is 1.25. The molecular formula is C20H18F2N2O5S. The smallest absolute Gasteiger partial charge is 0.322 e. The Kier molecular flexibility index (Phi) is 6.68. The lowest BCUT2D eigenvalue weighted by atomic mass is 10.1. The van der Waals surface area contributed by atoms with E-state index in [0.29, 0.717) is 17.5 Å². The fraction of sp³-hybridized carbons (Fsp3) is 0.250. The van der Waals surface area contributed by atoms with Gasteiger partial charge in [0, 0.05) is 17.7 Å². The molecule has 7 nitrogen and oxygen atoms in total. The summed E-state index contributed by atoms with van der Waals surface area (Å²) in [5.74, 6) is -2.59. The summed E-state index contributed by atoms with van der Waals surface area (Å²) in [5.41, 5.74) is 6.17. The Bertz CT molecular complexity index is 961. The van der Waals surface area contributed by atoms with Gasteiger partial charge < -0.3 is 15.2 Å². The molecule has 30 heavy (non-hydrogen) atoms. The molecule has 2 unspecified atom stereocenters. The molecule has 158 valence electrons. The minimum absolute atomic E-state index is 0.0626. The first-order valence-electron chi connectivity index (χ1n) is 8.86. The number of methoxy groups -OCH3 is 1. The van der Waals surface area contributed by atoms with Crippen LogP contribution in [0.25, 0.3) is 0 Å². The minimum atomic E-state index is -0.878. The number of rotatable bonds is 7. The molecule has 2 atom stereocenters. The number of imide groups is 1. The molecule has 0 aliphatic carbocycles. The van der Waals surface area contributed by atoms with Crippen LogP contribution in [0.4, 0.5) is 13.6 Å². The van der Waals surface area contributed by atoms with Gasteiger partial charge in [-0.3, -0.25) is 19.7 Å². The van der Waals surface area contributed by atoms with Crippen LogP contribution < -0.4 is 15.8 Å². The summed E-state index contributed by atoms with van der Waals surface area (Å²) in [4.78, 5) is 34.2. The van der Waals surface area contributed by atoms with Crippen molar-refractivity contribution in [2.75, 3.05) is 7.11 Å². The molecule has 1 aliphatic rings. The van der Waals surface area contributed by atoms with Crippen LogP contribution in [0.2, 0.25) is 0 Å². The minimum Gasteiger partial charge on any atom is -0.468 e. The van der Waals surface area contributed by atoms with Crippen molar-refractivity contribution in [2.24, 2.45) is 5.73 Å². The van der Waals surface area contributed by atoms with Gasteiger partial charge in [0.15, 0.2) is 0 Å². The van der Waals surface area contributed by atoms with Gasteiger partial charge in [0.25, 0.3) is 5.24 Å². The molecule has 2 amide bonds. The van der Waals surface area contributed by atoms with Gasteiger partial charge in [-0.15, -0.1) is 0 Å². The predicted molar refractivity (Wildman–Crippen MR) is 105 cm³/mol. The number of nitrogens with one attached hydrogen (secondary N) is 1. The topological polar surface area (TPSA) is 108 Å². The second-order valence-electron chi connectivity index (χ2n) is 6.53. The van der Waals surface area contributed by atoms with Crippen molar-refractivity contribution in [2.45, 2.75) is 24.1 Å². The van der Waals surface area contributed by atoms with Crippen LogP contribution in [0.5, 0.6) is 11.5 Å². The number of ether oxygens (including phenoxy) is 2. The van der Waals surface area contributed by atoms with Crippen molar-refractivity contribution in [1.29, 1.82) is 0 Å². The zero-order valence-electron chi connectivity index (χ0n) is 15.8. The number of amides is 2. The maximum atomic E-state index is 14.4. The Morgan fingerprint density at radius 1 is 1.17 bits per heavy atom. The van der Waals surface area contributed by atoms with Crippen molar-refractivity contribution in [3.05, 3.63) is 59.2 Å². The van der Waals surface area contributed by atoms with Crippen molar-refractivity contribution < 1.29 is 32.6 Å². The number of hydrogen-bond acceptors (Lipinski definition) is 7. The van der Waals surface area contributed by atoms with Crippen LogP contribution in [0, 0.1) is 11.6 Å². The third kappa shape index (κ3) is 5.14. The van der Waals surface area contributed by atoms with Crippen LogP contribution in [0.15, 0.2) is 36.4 Å². The highest BCUT2D eigenvalue weighted by molar-refractivity contribution is 8.15. The number of benzene rings is 2. The average molecular weight is 436 g/mol. The lowest BCUT2D eigenvalue weighted by Gasteiger charge is -2.12. The van der Waals surface area contributed by atoms with E-state index in [1.807, 2.05) is 0 Å². The van der Waals surface area contributed by atoms with Crippen molar-refractivity contribution in [3.63, 3.8) is 0 Å². The lowest BCUT2D eigenvalue weighted by Crippen LogP contribution is -2.33. The molecule has 0 aromatic heterocycles. The van der Waals surface area contributed by atoms with E-state index >= 15 is 0 Å². The van der Waals surface area contributed by atoms with E-state index in [0.717, 1.165) is 17.7 Å². The van der Waals surface area contributed by atoms with Gasteiger partial charge in [-0.05, 0) is 30.5 Å². The molecular weight excluding hydrogens is 418 g/mol. The first kappa shape index (κ1) is 21.7. The van der Waals surface area contributed by atoms with Crippen LogP contribution in [-0.2, 0) is 27.2 Å². The third-order valence-electron chi connectivity index (χ3n) is 4.39. The Morgan fingerprint density at radius 2 is 1.80 bits per heavy atom. The molecule has 0 bridgehead atoms. The normalized spacial score (nSPS) is 16.9. The number of carbonyl (C=O) groups excluding carboxylic acids is 3. The Labute approximate surface area is 174 Å². The summed E-state index contributed by atoms with van der Waals surface area (Å²) in [5, 5.41) is 0.660. The zero-order chi connectivity index (χ0) is 21.8. The summed E-state index contributed by atoms with van der Waals surface area (Å²) in [6.07, 6.45) is 0.00942. The van der Waals surface area contributed by atoms with E-state index in [2.05, 4.69) is 10.1 Å². The second kappa shape index (κ2) is 9.23. The number of nitrogens with two attached hydrogens (primary N) is 1. The Morgan fingerprint density at radius 3 is 2.33 bits per heavy atom. The fourth-order valence-electron chi connectivity index (χ4n) is 2.87. The molecule has 0 spiro atoms. The van der Waals surface area contributed by atoms with E-state index in [9.17, 15) is 23.2 Å². The monoisotopic (exact) mass is 436 g/mol. The number of halogens is 2. The van der Waals surface area contributed by atoms with Crippen LogP contribution in [0.3, 0.4) is 0 Å². The lowest BCUT2D eigenvalue weighted by molar-refractivity contribution is -0.142. The number of thioether (sulfide) groups is 1. The summed E-state index contributed by atoms with van der Waals surface area (Å²) in [6.45, 7) is 0. The quantitative estimate of drug-likeness (QED) is 0.643. The molecule has 1 fully saturated rings. The van der Waals surface area contributed by atoms with Crippen LogP contribution in [-0.4, -0.2) is 35.5 Å². The van der Waals surface area contributed by atoms with E-state index in [1.54, 1.807) is 24.3 Å².